The summed E-state index contributed by atoms with van der Waals surface area (Å²) in [5.41, 5.74) is -0.788. The molecule has 17 heteroatoms. The van der Waals surface area contributed by atoms with Gasteiger partial charge in [-0.2, -0.15) is 13.2 Å². The van der Waals surface area contributed by atoms with E-state index in [2.05, 4.69) is 15.0 Å². The van der Waals surface area contributed by atoms with Crippen LogP contribution in [0.4, 0.5) is 42.5 Å². The van der Waals surface area contributed by atoms with Gasteiger partial charge in [-0.25, -0.2) is 14.5 Å². The van der Waals surface area contributed by atoms with Gasteiger partial charge in [0.1, 0.15) is 5.54 Å². The molecule has 43 heavy (non-hydrogen) atoms. The molecule has 3 rings (SSSR count). The number of carboxylic acid groups (broad SMARTS) is 1. The summed E-state index contributed by atoms with van der Waals surface area (Å²) in [6.07, 6.45) is -6.97. The SMILES string of the molecule is CCN(CC)CC(=O)Nc1cc(N2C(=O)N(Cc3ccncc3)C(C)(C)C2=O)ccc1OC(F)(F)F.O=C(O)C(F)(F)F. The molecule has 1 aliphatic heterocycles. The second-order valence-corrected chi connectivity index (χ2v) is 9.46. The molecule has 1 fully saturated rings. The lowest BCUT2D eigenvalue weighted by atomic mass is 10.0. The van der Waals surface area contributed by atoms with Crippen molar-refractivity contribution in [2.45, 2.75) is 52.3 Å². The van der Waals surface area contributed by atoms with Crippen LogP contribution >= 0.6 is 0 Å². The summed E-state index contributed by atoms with van der Waals surface area (Å²) in [7, 11) is 0. The van der Waals surface area contributed by atoms with Crippen LogP contribution in [-0.4, -0.2) is 81.4 Å². The van der Waals surface area contributed by atoms with Crippen molar-refractivity contribution in [3.05, 3.63) is 48.3 Å². The van der Waals surface area contributed by atoms with Gasteiger partial charge in [-0.1, -0.05) is 13.8 Å². The molecule has 0 radical (unpaired) electrons. The van der Waals surface area contributed by atoms with E-state index in [4.69, 9.17) is 9.90 Å². The molecule has 1 saturated heterocycles. The van der Waals surface area contributed by atoms with Crippen molar-refractivity contribution in [3.8, 4) is 5.75 Å². The molecule has 0 saturated carbocycles. The highest BCUT2D eigenvalue weighted by Crippen LogP contribution is 2.38. The third-order valence-corrected chi connectivity index (χ3v) is 6.14. The van der Waals surface area contributed by atoms with Crippen LogP contribution in [0.2, 0.25) is 0 Å². The van der Waals surface area contributed by atoms with Crippen LogP contribution in [0.15, 0.2) is 42.7 Å². The number of aliphatic carboxylic acids is 1. The minimum atomic E-state index is -5.08. The molecular weight excluding hydrogens is 592 g/mol. The van der Waals surface area contributed by atoms with E-state index in [1.807, 2.05) is 13.8 Å². The highest BCUT2D eigenvalue weighted by Gasteiger charge is 2.52. The summed E-state index contributed by atoms with van der Waals surface area (Å²) in [5.74, 6) is -4.55. The Morgan fingerprint density at radius 3 is 2.07 bits per heavy atom. The maximum Gasteiger partial charge on any atom is 0.573 e. The maximum absolute atomic E-state index is 13.3. The molecule has 1 aromatic heterocycles. The Morgan fingerprint density at radius 2 is 1.58 bits per heavy atom. The Labute approximate surface area is 242 Å². The van der Waals surface area contributed by atoms with Crippen LogP contribution in [0.3, 0.4) is 0 Å². The summed E-state index contributed by atoms with van der Waals surface area (Å²) < 4.78 is 74.8. The van der Waals surface area contributed by atoms with Gasteiger partial charge < -0.3 is 20.1 Å². The van der Waals surface area contributed by atoms with E-state index < -0.39 is 47.6 Å². The number of imide groups is 1. The number of urea groups is 1. The van der Waals surface area contributed by atoms with Crippen molar-refractivity contribution in [2.75, 3.05) is 29.9 Å². The van der Waals surface area contributed by atoms with Gasteiger partial charge in [0.05, 0.1) is 17.9 Å². The Balaban J connectivity index is 0.000000821. The number of carbonyl (C=O) groups excluding carboxylic acids is 3. The van der Waals surface area contributed by atoms with Crippen LogP contribution in [0, 0.1) is 0 Å². The van der Waals surface area contributed by atoms with Gasteiger partial charge in [0.15, 0.2) is 5.75 Å². The van der Waals surface area contributed by atoms with Crippen molar-refractivity contribution in [2.24, 2.45) is 0 Å². The van der Waals surface area contributed by atoms with E-state index in [1.54, 1.807) is 43.3 Å². The molecule has 2 N–H and O–H groups in total. The van der Waals surface area contributed by atoms with E-state index >= 15 is 0 Å². The van der Waals surface area contributed by atoms with E-state index in [9.17, 15) is 40.7 Å². The second-order valence-electron chi connectivity index (χ2n) is 9.46. The first kappa shape index (κ1) is 34.8. The maximum atomic E-state index is 13.3. The van der Waals surface area contributed by atoms with Gasteiger partial charge in [-0.3, -0.25) is 19.5 Å². The fourth-order valence-corrected chi connectivity index (χ4v) is 3.81. The molecule has 2 aromatic rings. The Hall–Kier alpha value is -4.41. The number of hydrogen-bond donors (Lipinski definition) is 2. The van der Waals surface area contributed by atoms with E-state index in [1.165, 1.54) is 11.0 Å². The molecule has 2 heterocycles. The van der Waals surface area contributed by atoms with Crippen LogP contribution in [0.5, 0.6) is 5.75 Å². The number of likely N-dealkylation sites (N-methyl/N-ethyl adjacent to an activating group) is 1. The number of aromatic nitrogens is 1. The number of carboxylic acids is 1. The lowest BCUT2D eigenvalue weighted by Gasteiger charge is -2.27. The number of halogens is 6. The smallest absolute Gasteiger partial charge is 0.475 e. The van der Waals surface area contributed by atoms with Gasteiger partial charge in [0.2, 0.25) is 5.91 Å². The zero-order valence-corrected chi connectivity index (χ0v) is 23.4. The molecule has 0 unspecified atom stereocenters. The lowest BCUT2D eigenvalue weighted by molar-refractivity contribution is -0.274. The number of ether oxygens (including phenoxy) is 1. The average Bonchev–Trinajstić information content (AvgIpc) is 3.07. The second kappa shape index (κ2) is 13.7. The Kier molecular flexibility index (Phi) is 11.1. The third-order valence-electron chi connectivity index (χ3n) is 6.14. The van der Waals surface area contributed by atoms with Gasteiger partial charge in [-0.15, -0.1) is 13.2 Å². The minimum absolute atomic E-state index is 0.00275. The molecule has 0 bridgehead atoms. The quantitative estimate of drug-likeness (QED) is 0.306. The van der Waals surface area contributed by atoms with E-state index in [0.29, 0.717) is 13.1 Å². The number of pyridine rings is 1. The topological polar surface area (TPSA) is 132 Å². The van der Waals surface area contributed by atoms with Crippen LogP contribution in [0.25, 0.3) is 0 Å². The van der Waals surface area contributed by atoms with E-state index in [0.717, 1.165) is 22.6 Å². The average molecular weight is 622 g/mol. The molecule has 0 atom stereocenters. The van der Waals surface area contributed by atoms with Crippen molar-refractivity contribution in [1.29, 1.82) is 0 Å². The Bertz CT molecular complexity index is 1320. The molecule has 0 aliphatic carbocycles. The summed E-state index contributed by atoms with van der Waals surface area (Å²) in [5, 5.41) is 9.55. The van der Waals surface area contributed by atoms with Crippen molar-refractivity contribution >= 4 is 35.2 Å². The number of alkyl halides is 6. The minimum Gasteiger partial charge on any atom is -0.475 e. The number of amides is 4. The van der Waals surface area contributed by atoms with Gasteiger partial charge in [0, 0.05) is 18.9 Å². The van der Waals surface area contributed by atoms with Gasteiger partial charge >= 0.3 is 24.5 Å². The normalized spacial score (nSPS) is 14.9. The standard InChI is InChI=1S/C24H28F3N5O4.C2HF3O2/c1-5-30(6-2)15-20(33)29-18-13-17(7-8-19(18)36-24(25,26)27)32-21(34)23(3,4)31(22(32)35)14-16-9-11-28-12-10-16;3-2(4,5)1(6)7/h7-13H,5-6,14-15H2,1-4H3,(H,29,33);(H,6,7). The van der Waals surface area contributed by atoms with Crippen LogP contribution in [0.1, 0.15) is 33.3 Å². The largest absolute Gasteiger partial charge is 0.573 e. The van der Waals surface area contributed by atoms with Gasteiger partial charge in [0.25, 0.3) is 5.91 Å². The fraction of sp³-hybridized carbons (Fsp3) is 0.423. The highest BCUT2D eigenvalue weighted by atomic mass is 19.4. The van der Waals surface area contributed by atoms with Crippen molar-refractivity contribution in [3.63, 3.8) is 0 Å². The van der Waals surface area contributed by atoms with Gasteiger partial charge in [-0.05, 0) is 62.8 Å². The molecule has 1 aromatic carbocycles. The van der Waals surface area contributed by atoms with Crippen LogP contribution < -0.4 is 15.0 Å². The van der Waals surface area contributed by atoms with E-state index in [-0.39, 0.29) is 24.5 Å². The fourth-order valence-electron chi connectivity index (χ4n) is 3.81. The first-order valence-corrected chi connectivity index (χ1v) is 12.6. The summed E-state index contributed by atoms with van der Waals surface area (Å²) in [4.78, 5) is 56.0. The Morgan fingerprint density at radius 1 is 1.02 bits per heavy atom. The number of anilines is 2. The van der Waals surface area contributed by atoms with Crippen LogP contribution in [-0.2, 0) is 20.9 Å². The number of benzene rings is 1. The summed E-state index contributed by atoms with van der Waals surface area (Å²) in [6.45, 7) is 8.06. The zero-order chi connectivity index (χ0) is 32.8. The predicted molar refractivity (Wildman–Crippen MR) is 140 cm³/mol. The summed E-state index contributed by atoms with van der Waals surface area (Å²) >= 11 is 0. The third kappa shape index (κ3) is 9.29. The number of carbonyl (C=O) groups is 4. The highest BCUT2D eigenvalue weighted by molar-refractivity contribution is 6.23. The zero-order valence-electron chi connectivity index (χ0n) is 23.4. The number of nitrogens with one attached hydrogen (secondary N) is 1. The number of hydrogen-bond acceptors (Lipinski definition) is 7. The summed E-state index contributed by atoms with van der Waals surface area (Å²) in [6, 6.07) is 6.04. The molecule has 4 amide bonds. The predicted octanol–water partition coefficient (Wildman–Crippen LogP) is 4.64. The first-order valence-electron chi connectivity index (χ1n) is 12.6. The van der Waals surface area contributed by atoms with Crippen molar-refractivity contribution < 1.29 is 55.4 Å². The molecular formula is C26H29F6N5O6. The lowest BCUT2D eigenvalue weighted by Crippen LogP contribution is -2.43. The number of nitrogens with zero attached hydrogens (tertiary/aromatic N) is 4. The van der Waals surface area contributed by atoms with Crippen molar-refractivity contribution in [1.82, 2.24) is 14.8 Å². The molecule has 0 spiro atoms. The first-order chi connectivity index (χ1) is 19.8. The molecule has 1 aliphatic rings. The number of rotatable bonds is 9. The molecule has 11 nitrogen and oxygen atoms in total. The molecule has 236 valence electrons. The monoisotopic (exact) mass is 621 g/mol.